The molecular formula is C14H20N2O6S. The van der Waals surface area contributed by atoms with Gasteiger partial charge in [-0.05, 0) is 24.6 Å². The van der Waals surface area contributed by atoms with Crippen LogP contribution in [0.25, 0.3) is 0 Å². The van der Waals surface area contributed by atoms with E-state index in [1.54, 1.807) is 0 Å². The number of nitrogens with one attached hydrogen (secondary N) is 2. The van der Waals surface area contributed by atoms with Gasteiger partial charge in [-0.3, -0.25) is 9.59 Å². The number of hydrogen-bond donors (Lipinski definition) is 3. The topological polar surface area (TPSA) is 122 Å². The number of carbonyl (C=O) groups excluding carboxylic acids is 1. The highest BCUT2D eigenvalue weighted by atomic mass is 32.2. The van der Waals surface area contributed by atoms with Crippen LogP contribution in [-0.2, 0) is 19.6 Å². The Hall–Kier alpha value is -1.97. The van der Waals surface area contributed by atoms with E-state index in [4.69, 9.17) is 9.84 Å². The number of methoxy groups -OCH3 is 1. The predicted octanol–water partition coefficient (Wildman–Crippen LogP) is 0.206. The average molecular weight is 344 g/mol. The molecule has 0 unspecified atom stereocenters. The van der Waals surface area contributed by atoms with E-state index in [1.807, 2.05) is 0 Å². The molecule has 1 aromatic carbocycles. The van der Waals surface area contributed by atoms with Gasteiger partial charge in [0.1, 0.15) is 0 Å². The van der Waals surface area contributed by atoms with Gasteiger partial charge in [0, 0.05) is 32.2 Å². The van der Waals surface area contributed by atoms with E-state index in [1.165, 1.54) is 31.4 Å². The van der Waals surface area contributed by atoms with Gasteiger partial charge >= 0.3 is 5.97 Å². The maximum absolute atomic E-state index is 12.1. The lowest BCUT2D eigenvalue weighted by Gasteiger charge is -2.08. The fourth-order valence-corrected chi connectivity index (χ4v) is 2.77. The van der Waals surface area contributed by atoms with Crippen molar-refractivity contribution in [2.45, 2.75) is 17.7 Å². The van der Waals surface area contributed by atoms with Crippen molar-refractivity contribution in [1.82, 2.24) is 10.0 Å². The molecule has 9 heteroatoms. The first-order valence-electron chi connectivity index (χ1n) is 6.95. The molecule has 0 fully saturated rings. The molecule has 1 amide bonds. The van der Waals surface area contributed by atoms with Crippen molar-refractivity contribution in [3.8, 4) is 0 Å². The van der Waals surface area contributed by atoms with E-state index in [0.29, 0.717) is 6.42 Å². The molecule has 0 aliphatic carbocycles. The molecule has 0 saturated heterocycles. The zero-order valence-corrected chi connectivity index (χ0v) is 13.6. The fraction of sp³-hybridized carbons (Fsp3) is 0.429. The molecule has 0 radical (unpaired) electrons. The van der Waals surface area contributed by atoms with Crippen LogP contribution in [0.15, 0.2) is 29.2 Å². The number of ether oxygens (including phenoxy) is 1. The lowest BCUT2D eigenvalue weighted by Crippen LogP contribution is -2.28. The standard InChI is InChI=1S/C14H20N2O6S/c1-22-9-8-16-23(20,21)12-5-2-4-11(10-12)14(19)15-7-3-6-13(17)18/h2,4-5,10,16H,3,6-9H2,1H3,(H,15,19)(H,17,18). The van der Waals surface area contributed by atoms with E-state index in [0.717, 1.165) is 0 Å². The highest BCUT2D eigenvalue weighted by molar-refractivity contribution is 7.89. The Bertz CT molecular complexity index is 644. The lowest BCUT2D eigenvalue weighted by atomic mass is 10.2. The minimum atomic E-state index is -3.71. The Morgan fingerprint density at radius 3 is 2.65 bits per heavy atom. The number of rotatable bonds is 10. The van der Waals surface area contributed by atoms with Crippen molar-refractivity contribution in [3.05, 3.63) is 29.8 Å². The maximum Gasteiger partial charge on any atom is 0.303 e. The Kier molecular flexibility index (Phi) is 7.66. The van der Waals surface area contributed by atoms with Crippen LogP contribution in [-0.4, -0.2) is 52.2 Å². The molecule has 0 heterocycles. The molecule has 23 heavy (non-hydrogen) atoms. The summed E-state index contributed by atoms with van der Waals surface area (Å²) in [6, 6.07) is 5.61. The number of amides is 1. The lowest BCUT2D eigenvalue weighted by molar-refractivity contribution is -0.137. The largest absolute Gasteiger partial charge is 0.481 e. The monoisotopic (exact) mass is 344 g/mol. The van der Waals surface area contributed by atoms with Crippen LogP contribution in [0.5, 0.6) is 0 Å². The Balaban J connectivity index is 2.68. The quantitative estimate of drug-likeness (QED) is 0.522. The average Bonchev–Trinajstić information content (AvgIpc) is 2.51. The van der Waals surface area contributed by atoms with Crippen LogP contribution < -0.4 is 10.0 Å². The minimum absolute atomic E-state index is 0.0215. The van der Waals surface area contributed by atoms with Gasteiger partial charge in [-0.2, -0.15) is 0 Å². The molecule has 0 bridgehead atoms. The van der Waals surface area contributed by atoms with Crippen molar-refractivity contribution < 1.29 is 27.9 Å². The number of carboxylic acids is 1. The van der Waals surface area contributed by atoms with E-state index >= 15 is 0 Å². The van der Waals surface area contributed by atoms with Gasteiger partial charge in [-0.1, -0.05) is 6.07 Å². The third-order valence-electron chi connectivity index (χ3n) is 2.86. The number of hydrogen-bond acceptors (Lipinski definition) is 5. The van der Waals surface area contributed by atoms with Gasteiger partial charge in [-0.15, -0.1) is 0 Å². The molecule has 8 nitrogen and oxygen atoms in total. The first kappa shape index (κ1) is 19.1. The summed E-state index contributed by atoms with van der Waals surface area (Å²) < 4.78 is 31.2. The number of benzene rings is 1. The second kappa shape index (κ2) is 9.23. The van der Waals surface area contributed by atoms with Crippen LogP contribution in [0.3, 0.4) is 0 Å². The van der Waals surface area contributed by atoms with Crippen molar-refractivity contribution in [3.63, 3.8) is 0 Å². The second-order valence-electron chi connectivity index (χ2n) is 4.67. The van der Waals surface area contributed by atoms with Crippen LogP contribution in [0.1, 0.15) is 23.2 Å². The van der Waals surface area contributed by atoms with E-state index in [-0.39, 0.29) is 36.6 Å². The zero-order chi connectivity index (χ0) is 17.3. The number of aliphatic carboxylic acids is 1. The van der Waals surface area contributed by atoms with Crippen LogP contribution in [0.4, 0.5) is 0 Å². The summed E-state index contributed by atoms with van der Waals surface area (Å²) in [5, 5.41) is 11.1. The summed E-state index contributed by atoms with van der Waals surface area (Å²) in [5.74, 6) is -1.39. The summed E-state index contributed by atoms with van der Waals surface area (Å²) in [4.78, 5) is 22.3. The smallest absolute Gasteiger partial charge is 0.303 e. The van der Waals surface area contributed by atoms with Crippen molar-refractivity contribution >= 4 is 21.9 Å². The van der Waals surface area contributed by atoms with Crippen LogP contribution in [0.2, 0.25) is 0 Å². The normalized spacial score (nSPS) is 11.2. The van der Waals surface area contributed by atoms with E-state index in [2.05, 4.69) is 10.0 Å². The summed E-state index contributed by atoms with van der Waals surface area (Å²) in [6.45, 7) is 0.571. The van der Waals surface area contributed by atoms with Gasteiger partial charge in [0.2, 0.25) is 10.0 Å². The van der Waals surface area contributed by atoms with Gasteiger partial charge in [-0.25, -0.2) is 13.1 Å². The zero-order valence-electron chi connectivity index (χ0n) is 12.7. The number of carbonyl (C=O) groups is 2. The summed E-state index contributed by atoms with van der Waals surface area (Å²) >= 11 is 0. The van der Waals surface area contributed by atoms with Gasteiger partial charge < -0.3 is 15.2 Å². The Morgan fingerprint density at radius 2 is 2.00 bits per heavy atom. The SMILES string of the molecule is COCCNS(=O)(=O)c1cccc(C(=O)NCCCC(=O)O)c1. The summed E-state index contributed by atoms with van der Waals surface area (Å²) in [5.41, 5.74) is 0.190. The number of carboxylic acid groups (broad SMARTS) is 1. The van der Waals surface area contributed by atoms with E-state index < -0.39 is 21.9 Å². The fourth-order valence-electron chi connectivity index (χ4n) is 1.71. The molecular weight excluding hydrogens is 324 g/mol. The molecule has 128 valence electrons. The number of sulfonamides is 1. The molecule has 0 spiro atoms. The minimum Gasteiger partial charge on any atom is -0.481 e. The molecule has 0 saturated carbocycles. The van der Waals surface area contributed by atoms with Crippen LogP contribution >= 0.6 is 0 Å². The summed E-state index contributed by atoms with van der Waals surface area (Å²) in [6.07, 6.45) is 0.260. The molecule has 1 rings (SSSR count). The van der Waals surface area contributed by atoms with Crippen LogP contribution in [0, 0.1) is 0 Å². The summed E-state index contributed by atoms with van der Waals surface area (Å²) in [7, 11) is -2.25. The predicted molar refractivity (Wildman–Crippen MR) is 82.7 cm³/mol. The third kappa shape index (κ3) is 6.76. The molecule has 0 atom stereocenters. The Morgan fingerprint density at radius 1 is 1.26 bits per heavy atom. The van der Waals surface area contributed by atoms with Gasteiger partial charge in [0.05, 0.1) is 11.5 Å². The highest BCUT2D eigenvalue weighted by Gasteiger charge is 2.15. The molecule has 0 aromatic heterocycles. The Labute approximate surface area is 134 Å². The highest BCUT2D eigenvalue weighted by Crippen LogP contribution is 2.11. The van der Waals surface area contributed by atoms with Gasteiger partial charge in [0.25, 0.3) is 5.91 Å². The maximum atomic E-state index is 12.1. The first-order chi connectivity index (χ1) is 10.9. The third-order valence-corrected chi connectivity index (χ3v) is 4.32. The second-order valence-corrected chi connectivity index (χ2v) is 6.44. The molecule has 3 N–H and O–H groups in total. The van der Waals surface area contributed by atoms with Gasteiger partial charge in [0.15, 0.2) is 0 Å². The molecule has 0 aliphatic heterocycles. The van der Waals surface area contributed by atoms with E-state index in [9.17, 15) is 18.0 Å². The molecule has 1 aromatic rings. The molecule has 0 aliphatic rings. The van der Waals surface area contributed by atoms with Crippen molar-refractivity contribution in [2.75, 3.05) is 26.8 Å². The van der Waals surface area contributed by atoms with Crippen molar-refractivity contribution in [2.24, 2.45) is 0 Å². The first-order valence-corrected chi connectivity index (χ1v) is 8.44. The van der Waals surface area contributed by atoms with Crippen molar-refractivity contribution in [1.29, 1.82) is 0 Å².